The van der Waals surface area contributed by atoms with Crippen LogP contribution in [0.15, 0.2) is 24.3 Å². The van der Waals surface area contributed by atoms with E-state index in [4.69, 9.17) is 21.6 Å². The number of rotatable bonds is 3. The number of benzene rings is 1. The number of nitrogens with zero attached hydrogens (tertiary/aromatic N) is 5. The Bertz CT molecular complexity index is 993. The molecule has 0 saturated carbocycles. The fourth-order valence-electron chi connectivity index (χ4n) is 3.23. The maximum absolute atomic E-state index is 6.20. The topological polar surface area (TPSA) is 54.8 Å². The van der Waals surface area contributed by atoms with Crippen molar-refractivity contribution in [2.45, 2.75) is 26.7 Å². The summed E-state index contributed by atoms with van der Waals surface area (Å²) in [6.45, 7) is 6.05. The Morgan fingerprint density at radius 3 is 2.62 bits per heavy atom. The normalized spacial score (nSPS) is 14.7. The van der Waals surface area contributed by atoms with Gasteiger partial charge in [0, 0.05) is 19.2 Å². The molecule has 4 rings (SSSR count). The first-order chi connectivity index (χ1) is 12.6. The summed E-state index contributed by atoms with van der Waals surface area (Å²) in [6.07, 6.45) is 6.14. The molecule has 5 nitrogen and oxygen atoms in total. The van der Waals surface area contributed by atoms with Crippen LogP contribution in [0.3, 0.4) is 0 Å². The van der Waals surface area contributed by atoms with Crippen molar-refractivity contribution >= 4 is 40.6 Å². The summed E-state index contributed by atoms with van der Waals surface area (Å²) in [7, 11) is 0. The Labute approximate surface area is 157 Å². The van der Waals surface area contributed by atoms with Gasteiger partial charge in [-0.3, -0.25) is 0 Å². The second-order valence-corrected chi connectivity index (χ2v) is 6.96. The van der Waals surface area contributed by atoms with Gasteiger partial charge < -0.3 is 4.90 Å². The molecule has 3 aromatic rings. The van der Waals surface area contributed by atoms with E-state index in [-0.39, 0.29) is 0 Å². The van der Waals surface area contributed by atoms with Crippen LogP contribution in [-0.4, -0.2) is 33.0 Å². The van der Waals surface area contributed by atoms with E-state index in [2.05, 4.69) is 14.9 Å². The van der Waals surface area contributed by atoms with Crippen molar-refractivity contribution in [1.29, 1.82) is 0 Å². The number of halogens is 1. The number of aromatic nitrogens is 4. The summed E-state index contributed by atoms with van der Waals surface area (Å²) in [5.74, 6) is 1.48. The molecular weight excluding hydrogens is 346 g/mol. The van der Waals surface area contributed by atoms with Gasteiger partial charge in [-0.15, -0.1) is 0 Å². The van der Waals surface area contributed by atoms with Gasteiger partial charge in [-0.2, -0.15) is 0 Å². The van der Waals surface area contributed by atoms with E-state index < -0.39 is 0 Å². The maximum atomic E-state index is 6.20. The van der Waals surface area contributed by atoms with Crippen LogP contribution < -0.4 is 4.90 Å². The summed E-state index contributed by atoms with van der Waals surface area (Å²) in [5, 5.41) is 0.457. The Kier molecular flexibility index (Phi) is 4.55. The minimum atomic E-state index is 0.457. The summed E-state index contributed by atoms with van der Waals surface area (Å²) >= 11 is 6.20. The Morgan fingerprint density at radius 1 is 1.00 bits per heavy atom. The number of para-hydroxylation sites is 1. The molecule has 1 aromatic carbocycles. The quantitative estimate of drug-likeness (QED) is 0.641. The van der Waals surface area contributed by atoms with Crippen LogP contribution >= 0.6 is 11.6 Å². The van der Waals surface area contributed by atoms with E-state index in [1.807, 2.05) is 50.3 Å². The standard InChI is InChI=1S/C20H20ClN5/c1-13-6-5-7-16-20(13)22-14(2)15(23-16)8-9-18-24-17(21)12-19(25-18)26-10-3-4-11-26/h5-9,12H,3-4,10-11H2,1-2H3. The first-order valence-electron chi connectivity index (χ1n) is 8.82. The molecule has 0 radical (unpaired) electrons. The van der Waals surface area contributed by atoms with E-state index in [0.717, 1.165) is 46.9 Å². The lowest BCUT2D eigenvalue weighted by atomic mass is 10.2. The Hall–Kier alpha value is -2.53. The van der Waals surface area contributed by atoms with Crippen molar-refractivity contribution < 1.29 is 0 Å². The average Bonchev–Trinajstić information content (AvgIpc) is 3.15. The van der Waals surface area contributed by atoms with Crippen molar-refractivity contribution in [2.75, 3.05) is 18.0 Å². The minimum Gasteiger partial charge on any atom is -0.356 e. The number of hydrogen-bond acceptors (Lipinski definition) is 5. The molecule has 0 atom stereocenters. The highest BCUT2D eigenvalue weighted by molar-refractivity contribution is 6.29. The van der Waals surface area contributed by atoms with Gasteiger partial charge in [-0.1, -0.05) is 23.7 Å². The molecular formula is C20H20ClN5. The van der Waals surface area contributed by atoms with Gasteiger partial charge in [0.15, 0.2) is 5.82 Å². The molecule has 26 heavy (non-hydrogen) atoms. The van der Waals surface area contributed by atoms with Gasteiger partial charge >= 0.3 is 0 Å². The van der Waals surface area contributed by atoms with Crippen LogP contribution in [-0.2, 0) is 0 Å². The molecule has 1 aliphatic rings. The predicted octanol–water partition coefficient (Wildman–Crippen LogP) is 4.46. The molecule has 0 N–H and O–H groups in total. The highest BCUT2D eigenvalue weighted by Gasteiger charge is 2.15. The van der Waals surface area contributed by atoms with Crippen LogP contribution in [0.4, 0.5) is 5.82 Å². The first-order valence-corrected chi connectivity index (χ1v) is 9.19. The van der Waals surface area contributed by atoms with Crippen LogP contribution in [0, 0.1) is 13.8 Å². The molecule has 1 aliphatic heterocycles. The third-order valence-corrected chi connectivity index (χ3v) is 4.82. The molecule has 2 aromatic heterocycles. The predicted molar refractivity (Wildman–Crippen MR) is 106 cm³/mol. The Morgan fingerprint density at radius 2 is 1.81 bits per heavy atom. The average molecular weight is 366 g/mol. The lowest BCUT2D eigenvalue weighted by Crippen LogP contribution is -2.19. The molecule has 0 bridgehead atoms. The number of anilines is 1. The lowest BCUT2D eigenvalue weighted by molar-refractivity contribution is 0.923. The number of fused-ring (bicyclic) bond motifs is 1. The second-order valence-electron chi connectivity index (χ2n) is 6.57. The van der Waals surface area contributed by atoms with E-state index in [1.165, 1.54) is 12.8 Å². The third-order valence-electron chi connectivity index (χ3n) is 4.63. The molecule has 6 heteroatoms. The zero-order valence-electron chi connectivity index (χ0n) is 14.9. The van der Waals surface area contributed by atoms with Gasteiger partial charge in [0.1, 0.15) is 11.0 Å². The first kappa shape index (κ1) is 16.9. The molecule has 0 aliphatic carbocycles. The summed E-state index contributed by atoms with van der Waals surface area (Å²) in [6, 6.07) is 7.85. The van der Waals surface area contributed by atoms with Crippen LogP contribution in [0.25, 0.3) is 23.2 Å². The molecule has 1 saturated heterocycles. The number of aryl methyl sites for hydroxylation is 2. The second kappa shape index (κ2) is 7.00. The van der Waals surface area contributed by atoms with E-state index in [9.17, 15) is 0 Å². The fraction of sp³-hybridized carbons (Fsp3) is 0.300. The fourth-order valence-corrected chi connectivity index (χ4v) is 3.42. The zero-order valence-corrected chi connectivity index (χ0v) is 15.7. The van der Waals surface area contributed by atoms with E-state index in [1.54, 1.807) is 0 Å². The Balaban J connectivity index is 1.68. The highest BCUT2D eigenvalue weighted by Crippen LogP contribution is 2.22. The van der Waals surface area contributed by atoms with Crippen molar-refractivity contribution in [1.82, 2.24) is 19.9 Å². The summed E-state index contributed by atoms with van der Waals surface area (Å²) in [5.41, 5.74) is 4.65. The van der Waals surface area contributed by atoms with Gasteiger partial charge in [-0.05, 0) is 50.5 Å². The van der Waals surface area contributed by atoms with Crippen molar-refractivity contribution in [3.05, 3.63) is 52.2 Å². The smallest absolute Gasteiger partial charge is 0.156 e. The minimum absolute atomic E-state index is 0.457. The summed E-state index contributed by atoms with van der Waals surface area (Å²) < 4.78 is 0. The van der Waals surface area contributed by atoms with Gasteiger partial charge in [-0.25, -0.2) is 19.9 Å². The van der Waals surface area contributed by atoms with E-state index >= 15 is 0 Å². The van der Waals surface area contributed by atoms with Crippen molar-refractivity contribution in [3.8, 4) is 0 Å². The molecule has 0 spiro atoms. The third kappa shape index (κ3) is 3.40. The van der Waals surface area contributed by atoms with Crippen LogP contribution in [0.1, 0.15) is 35.6 Å². The zero-order chi connectivity index (χ0) is 18.1. The number of hydrogen-bond donors (Lipinski definition) is 0. The summed E-state index contributed by atoms with van der Waals surface area (Å²) in [4.78, 5) is 20.6. The maximum Gasteiger partial charge on any atom is 0.156 e. The largest absolute Gasteiger partial charge is 0.356 e. The molecule has 1 fully saturated rings. The molecule has 0 amide bonds. The highest BCUT2D eigenvalue weighted by atomic mass is 35.5. The van der Waals surface area contributed by atoms with Gasteiger partial charge in [0.2, 0.25) is 0 Å². The molecule has 0 unspecified atom stereocenters. The lowest BCUT2D eigenvalue weighted by Gasteiger charge is -2.16. The van der Waals surface area contributed by atoms with E-state index in [0.29, 0.717) is 11.0 Å². The molecule has 132 valence electrons. The van der Waals surface area contributed by atoms with Crippen LogP contribution in [0.2, 0.25) is 5.15 Å². The SMILES string of the molecule is Cc1nc2c(C)cccc2nc1C=Cc1nc(Cl)cc(N2CCCC2)n1. The molecule has 3 heterocycles. The van der Waals surface area contributed by atoms with Crippen molar-refractivity contribution in [2.24, 2.45) is 0 Å². The van der Waals surface area contributed by atoms with Gasteiger partial charge in [0.25, 0.3) is 0 Å². The van der Waals surface area contributed by atoms with Crippen LogP contribution in [0.5, 0.6) is 0 Å². The monoisotopic (exact) mass is 365 g/mol. The van der Waals surface area contributed by atoms with Gasteiger partial charge in [0.05, 0.1) is 22.4 Å². The van der Waals surface area contributed by atoms with Crippen molar-refractivity contribution in [3.63, 3.8) is 0 Å².